The van der Waals surface area contributed by atoms with Crippen LogP contribution in [-0.4, -0.2) is 39.7 Å². The van der Waals surface area contributed by atoms with Gasteiger partial charge in [-0.25, -0.2) is 0 Å². The summed E-state index contributed by atoms with van der Waals surface area (Å²) >= 11 is 0. The highest BCUT2D eigenvalue weighted by Crippen LogP contribution is 2.40. The molecule has 0 aliphatic carbocycles. The standard InChI is InChI=1S/C31H35F3N2O2/c1-20(2)14-28(30(37)38)27-16-25(23-6-4-21(3)5-7-23)15-26(17-27)24-8-9-29(31(32,33)34)36(19-24)18-22-10-12-35-13-11-22/h4-7,10-13,15-17,20,24,28-29H,8-9,14,18-19H2,1-3H3,(H,37,38). The molecule has 38 heavy (non-hydrogen) atoms. The number of carbonyl (C=O) groups is 1. The SMILES string of the molecule is Cc1ccc(-c2cc(C3CCC(C(F)(F)F)N(Cc4ccncc4)C3)cc(C(CC(C)C)C(=O)O)c2)cc1. The number of aliphatic carboxylic acids is 1. The number of alkyl halides is 3. The van der Waals surface area contributed by atoms with E-state index in [1.165, 1.54) is 4.90 Å². The molecule has 3 aromatic rings. The fraction of sp³-hybridized carbons (Fsp3) is 0.419. The zero-order valence-corrected chi connectivity index (χ0v) is 22.1. The van der Waals surface area contributed by atoms with Gasteiger partial charge in [0.1, 0.15) is 6.04 Å². The number of likely N-dealkylation sites (tertiary alicyclic amines) is 1. The van der Waals surface area contributed by atoms with Crippen LogP contribution in [0.15, 0.2) is 67.0 Å². The van der Waals surface area contributed by atoms with E-state index in [-0.39, 0.29) is 31.3 Å². The van der Waals surface area contributed by atoms with E-state index >= 15 is 0 Å². The fourth-order valence-electron chi connectivity index (χ4n) is 5.46. The summed E-state index contributed by atoms with van der Waals surface area (Å²) in [5, 5.41) is 10.1. The van der Waals surface area contributed by atoms with Gasteiger partial charge in [-0.2, -0.15) is 13.2 Å². The smallest absolute Gasteiger partial charge is 0.404 e. The molecule has 4 nitrogen and oxygen atoms in total. The highest BCUT2D eigenvalue weighted by atomic mass is 19.4. The van der Waals surface area contributed by atoms with Crippen LogP contribution in [0.5, 0.6) is 0 Å². The predicted octanol–water partition coefficient (Wildman–Crippen LogP) is 7.58. The van der Waals surface area contributed by atoms with E-state index in [1.54, 1.807) is 24.5 Å². The Hall–Kier alpha value is -3.19. The Morgan fingerprint density at radius 1 is 1.03 bits per heavy atom. The molecule has 0 bridgehead atoms. The first kappa shape index (κ1) is 27.8. The third kappa shape index (κ3) is 6.81. The van der Waals surface area contributed by atoms with Crippen LogP contribution in [0.3, 0.4) is 0 Å². The van der Waals surface area contributed by atoms with Crippen LogP contribution in [0.25, 0.3) is 11.1 Å². The third-order valence-electron chi connectivity index (χ3n) is 7.44. The largest absolute Gasteiger partial charge is 0.481 e. The van der Waals surface area contributed by atoms with E-state index in [0.717, 1.165) is 27.8 Å². The normalized spacial score (nSPS) is 19.4. The van der Waals surface area contributed by atoms with Crippen molar-refractivity contribution >= 4 is 5.97 Å². The van der Waals surface area contributed by atoms with Crippen LogP contribution >= 0.6 is 0 Å². The van der Waals surface area contributed by atoms with Crippen LogP contribution in [0.2, 0.25) is 0 Å². The Balaban J connectivity index is 1.74. The average Bonchev–Trinajstić information content (AvgIpc) is 2.87. The summed E-state index contributed by atoms with van der Waals surface area (Å²) in [6.07, 6.45) is -0.262. The number of aromatic nitrogens is 1. The van der Waals surface area contributed by atoms with E-state index in [9.17, 15) is 23.1 Å². The molecule has 0 radical (unpaired) electrons. The van der Waals surface area contributed by atoms with Crippen LogP contribution < -0.4 is 0 Å². The maximum Gasteiger partial charge on any atom is 0.404 e. The Kier molecular flexibility index (Phi) is 8.56. The van der Waals surface area contributed by atoms with E-state index in [0.29, 0.717) is 18.4 Å². The lowest BCUT2D eigenvalue weighted by atomic mass is 9.82. The van der Waals surface area contributed by atoms with Gasteiger partial charge in [0, 0.05) is 25.5 Å². The molecule has 4 rings (SSSR count). The Morgan fingerprint density at radius 2 is 1.71 bits per heavy atom. The Bertz CT molecular complexity index is 1230. The molecule has 1 aliphatic heterocycles. The minimum Gasteiger partial charge on any atom is -0.481 e. The molecule has 1 saturated heterocycles. The molecule has 7 heteroatoms. The zero-order valence-electron chi connectivity index (χ0n) is 22.1. The van der Waals surface area contributed by atoms with Gasteiger partial charge in [0.2, 0.25) is 0 Å². The minimum atomic E-state index is -4.32. The van der Waals surface area contributed by atoms with Crippen LogP contribution in [-0.2, 0) is 11.3 Å². The van der Waals surface area contributed by atoms with E-state index in [2.05, 4.69) is 4.98 Å². The van der Waals surface area contributed by atoms with Crippen molar-refractivity contribution in [3.63, 3.8) is 0 Å². The second kappa shape index (κ2) is 11.7. The van der Waals surface area contributed by atoms with Crippen molar-refractivity contribution in [1.82, 2.24) is 9.88 Å². The maximum absolute atomic E-state index is 14.0. The summed E-state index contributed by atoms with van der Waals surface area (Å²) in [6.45, 7) is 6.42. The highest BCUT2D eigenvalue weighted by molar-refractivity contribution is 5.77. The number of aryl methyl sites for hydroxylation is 1. The van der Waals surface area contributed by atoms with Crippen LogP contribution in [0, 0.1) is 12.8 Å². The molecule has 3 unspecified atom stereocenters. The molecular weight excluding hydrogens is 489 g/mol. The molecule has 202 valence electrons. The van der Waals surface area contributed by atoms with Crippen molar-refractivity contribution in [2.75, 3.05) is 6.54 Å². The number of hydrogen-bond acceptors (Lipinski definition) is 3. The van der Waals surface area contributed by atoms with Gasteiger partial charge >= 0.3 is 12.1 Å². The number of halogens is 3. The van der Waals surface area contributed by atoms with Crippen molar-refractivity contribution in [3.05, 3.63) is 89.2 Å². The maximum atomic E-state index is 14.0. The van der Waals surface area contributed by atoms with Gasteiger partial charge in [-0.15, -0.1) is 0 Å². The Labute approximate surface area is 222 Å². The first-order valence-corrected chi connectivity index (χ1v) is 13.2. The molecule has 2 heterocycles. The van der Waals surface area contributed by atoms with E-state index in [1.807, 2.05) is 63.2 Å². The number of piperidine rings is 1. The molecule has 0 amide bonds. The zero-order chi connectivity index (χ0) is 27.4. The monoisotopic (exact) mass is 524 g/mol. The summed E-state index contributed by atoms with van der Waals surface area (Å²) in [4.78, 5) is 17.8. The molecule has 1 aromatic heterocycles. The second-order valence-corrected chi connectivity index (χ2v) is 10.9. The molecule has 3 atom stereocenters. The number of pyridine rings is 1. The molecule has 0 spiro atoms. The van der Waals surface area contributed by atoms with E-state index in [4.69, 9.17) is 0 Å². The van der Waals surface area contributed by atoms with Gasteiger partial charge in [0.15, 0.2) is 0 Å². The van der Waals surface area contributed by atoms with Crippen molar-refractivity contribution in [3.8, 4) is 11.1 Å². The highest BCUT2D eigenvalue weighted by Gasteiger charge is 2.46. The quantitative estimate of drug-likeness (QED) is 0.330. The minimum absolute atomic E-state index is 0.00229. The van der Waals surface area contributed by atoms with Crippen molar-refractivity contribution in [2.45, 2.75) is 70.6 Å². The summed E-state index contributed by atoms with van der Waals surface area (Å²) < 4.78 is 42.0. The summed E-state index contributed by atoms with van der Waals surface area (Å²) in [6, 6.07) is 15.9. The number of nitrogens with zero attached hydrogens (tertiary/aromatic N) is 2. The lowest BCUT2D eigenvalue weighted by molar-refractivity contribution is -0.194. The fourth-order valence-corrected chi connectivity index (χ4v) is 5.46. The van der Waals surface area contributed by atoms with Gasteiger partial charge in [0.05, 0.1) is 5.92 Å². The van der Waals surface area contributed by atoms with Crippen molar-refractivity contribution < 1.29 is 23.1 Å². The van der Waals surface area contributed by atoms with Crippen LogP contribution in [0.1, 0.15) is 67.2 Å². The lowest BCUT2D eigenvalue weighted by Crippen LogP contribution is -2.50. The van der Waals surface area contributed by atoms with Gasteiger partial charge in [-0.1, -0.05) is 61.9 Å². The van der Waals surface area contributed by atoms with Crippen molar-refractivity contribution in [1.29, 1.82) is 0 Å². The average molecular weight is 525 g/mol. The number of hydrogen-bond donors (Lipinski definition) is 1. The summed E-state index contributed by atoms with van der Waals surface area (Å²) in [5.41, 5.74) is 5.36. The lowest BCUT2D eigenvalue weighted by Gasteiger charge is -2.41. The first-order chi connectivity index (χ1) is 18.0. The van der Waals surface area contributed by atoms with Crippen molar-refractivity contribution in [2.24, 2.45) is 5.92 Å². The molecule has 1 N–H and O–H groups in total. The van der Waals surface area contributed by atoms with Gasteiger partial charge in [-0.3, -0.25) is 14.7 Å². The number of carboxylic acid groups (broad SMARTS) is 1. The molecular formula is C31H35F3N2O2. The Morgan fingerprint density at radius 3 is 2.32 bits per heavy atom. The van der Waals surface area contributed by atoms with Gasteiger partial charge in [0.25, 0.3) is 0 Å². The number of benzene rings is 2. The van der Waals surface area contributed by atoms with E-state index < -0.39 is 24.1 Å². The molecule has 1 aliphatic rings. The topological polar surface area (TPSA) is 53.4 Å². The summed E-state index contributed by atoms with van der Waals surface area (Å²) in [7, 11) is 0. The molecule has 1 fully saturated rings. The summed E-state index contributed by atoms with van der Waals surface area (Å²) in [5.74, 6) is -1.53. The molecule has 0 saturated carbocycles. The van der Waals surface area contributed by atoms with Gasteiger partial charge in [-0.05, 0) is 78.0 Å². The number of carboxylic acids is 1. The van der Waals surface area contributed by atoms with Crippen LogP contribution in [0.4, 0.5) is 13.2 Å². The predicted molar refractivity (Wildman–Crippen MR) is 143 cm³/mol. The van der Waals surface area contributed by atoms with Gasteiger partial charge < -0.3 is 5.11 Å². The molecule has 2 aromatic carbocycles. The first-order valence-electron chi connectivity index (χ1n) is 13.2. The second-order valence-electron chi connectivity index (χ2n) is 10.9. The third-order valence-corrected chi connectivity index (χ3v) is 7.44. The number of rotatable bonds is 8.